The first-order valence-corrected chi connectivity index (χ1v) is 10.1. The molecule has 7 nitrogen and oxygen atoms in total. The van der Waals surface area contributed by atoms with Crippen LogP contribution >= 0.6 is 0 Å². The van der Waals surface area contributed by atoms with Crippen LogP contribution in [0.3, 0.4) is 0 Å². The van der Waals surface area contributed by atoms with E-state index in [1.807, 2.05) is 6.07 Å². The summed E-state index contributed by atoms with van der Waals surface area (Å²) < 4.78 is 5.39. The largest absolute Gasteiger partial charge is 0.480 e. The number of primary amides is 1. The minimum Gasteiger partial charge on any atom is -0.480 e. The van der Waals surface area contributed by atoms with Crippen molar-refractivity contribution >= 4 is 11.6 Å². The number of nitrogens with zero attached hydrogens (tertiary/aromatic N) is 3. The summed E-state index contributed by atoms with van der Waals surface area (Å²) in [6.07, 6.45) is 5.57. The van der Waals surface area contributed by atoms with Crippen molar-refractivity contribution in [3.8, 4) is 5.88 Å². The molecule has 1 amide bonds. The van der Waals surface area contributed by atoms with Gasteiger partial charge in [0, 0.05) is 45.8 Å². The quantitative estimate of drug-likeness (QED) is 0.804. The second-order valence-corrected chi connectivity index (χ2v) is 8.42. The molecule has 1 saturated carbocycles. The van der Waals surface area contributed by atoms with Crippen LogP contribution in [0, 0.1) is 11.3 Å². The SMILES string of the molecule is COc1nc(C(N)=O)ccc1N1CCN(CC2CCC3(CC2)CNC3)CC1. The maximum absolute atomic E-state index is 11.3. The van der Waals surface area contributed by atoms with E-state index >= 15 is 0 Å². The van der Waals surface area contributed by atoms with Crippen molar-refractivity contribution < 1.29 is 9.53 Å². The number of nitrogens with one attached hydrogen (secondary N) is 1. The minimum atomic E-state index is -0.531. The van der Waals surface area contributed by atoms with Gasteiger partial charge in [-0.1, -0.05) is 0 Å². The summed E-state index contributed by atoms with van der Waals surface area (Å²) in [5.74, 6) is 0.803. The Balaban J connectivity index is 1.29. The number of carbonyl (C=O) groups is 1. The number of amides is 1. The molecule has 0 unspecified atom stereocenters. The summed E-state index contributed by atoms with van der Waals surface area (Å²) >= 11 is 0. The van der Waals surface area contributed by atoms with Gasteiger partial charge in [0.05, 0.1) is 12.8 Å². The second kappa shape index (κ2) is 7.64. The number of aromatic nitrogens is 1. The smallest absolute Gasteiger partial charge is 0.267 e. The van der Waals surface area contributed by atoms with Crippen molar-refractivity contribution in [3.05, 3.63) is 17.8 Å². The van der Waals surface area contributed by atoms with Crippen molar-refractivity contribution in [1.82, 2.24) is 15.2 Å². The number of carbonyl (C=O) groups excluding carboxylic acids is 1. The normalized spacial score (nSPS) is 23.2. The average molecular weight is 374 g/mol. The fourth-order valence-corrected chi connectivity index (χ4v) is 4.80. The van der Waals surface area contributed by atoms with E-state index in [4.69, 9.17) is 10.5 Å². The van der Waals surface area contributed by atoms with E-state index in [0.29, 0.717) is 11.3 Å². The molecule has 2 saturated heterocycles. The molecule has 2 aliphatic heterocycles. The number of hydrogen-bond acceptors (Lipinski definition) is 6. The third-order valence-corrected chi connectivity index (χ3v) is 6.68. The van der Waals surface area contributed by atoms with Gasteiger partial charge in [0.25, 0.3) is 5.91 Å². The van der Waals surface area contributed by atoms with E-state index in [-0.39, 0.29) is 5.69 Å². The lowest BCUT2D eigenvalue weighted by Crippen LogP contribution is -2.55. The summed E-state index contributed by atoms with van der Waals surface area (Å²) in [7, 11) is 1.58. The molecule has 1 aliphatic carbocycles. The Kier molecular flexibility index (Phi) is 5.23. The molecule has 3 heterocycles. The van der Waals surface area contributed by atoms with Gasteiger partial charge >= 0.3 is 0 Å². The van der Waals surface area contributed by atoms with Crippen LogP contribution in [-0.2, 0) is 0 Å². The van der Waals surface area contributed by atoms with Crippen LogP contribution < -0.4 is 20.7 Å². The first-order chi connectivity index (χ1) is 13.1. The Morgan fingerprint density at radius 3 is 2.52 bits per heavy atom. The standard InChI is InChI=1S/C20H31N5O2/c1-27-19-17(3-2-16(23-19)18(21)26)25-10-8-24(9-11-25)12-15-4-6-20(7-5-15)13-22-14-20/h2-3,15,22H,4-14H2,1H3,(H2,21,26). The summed E-state index contributed by atoms with van der Waals surface area (Å²) in [6.45, 7) is 7.73. The zero-order valence-electron chi connectivity index (χ0n) is 16.2. The summed E-state index contributed by atoms with van der Waals surface area (Å²) in [5.41, 5.74) is 7.16. The number of anilines is 1. The number of ether oxygens (including phenoxy) is 1. The van der Waals surface area contributed by atoms with E-state index in [9.17, 15) is 4.79 Å². The van der Waals surface area contributed by atoms with Crippen LogP contribution in [0.2, 0.25) is 0 Å². The first kappa shape index (κ1) is 18.5. The summed E-state index contributed by atoms with van der Waals surface area (Å²) in [6, 6.07) is 3.58. The third kappa shape index (κ3) is 3.89. The maximum Gasteiger partial charge on any atom is 0.267 e. The van der Waals surface area contributed by atoms with Crippen LogP contribution in [-0.4, -0.2) is 68.7 Å². The van der Waals surface area contributed by atoms with Crippen LogP contribution in [0.15, 0.2) is 12.1 Å². The monoisotopic (exact) mass is 373 g/mol. The zero-order valence-corrected chi connectivity index (χ0v) is 16.2. The van der Waals surface area contributed by atoms with E-state index < -0.39 is 5.91 Å². The number of hydrogen-bond donors (Lipinski definition) is 2. The average Bonchev–Trinajstić information content (AvgIpc) is 2.67. The molecule has 148 valence electrons. The molecule has 0 aromatic carbocycles. The minimum absolute atomic E-state index is 0.242. The third-order valence-electron chi connectivity index (χ3n) is 6.68. The second-order valence-electron chi connectivity index (χ2n) is 8.42. The highest BCUT2D eigenvalue weighted by atomic mass is 16.5. The van der Waals surface area contributed by atoms with E-state index in [2.05, 4.69) is 20.1 Å². The molecule has 4 rings (SSSR count). The van der Waals surface area contributed by atoms with Crippen LogP contribution in [0.5, 0.6) is 5.88 Å². The molecule has 3 aliphatic rings. The molecule has 1 aromatic heterocycles. The molecule has 1 aromatic rings. The van der Waals surface area contributed by atoms with Crippen molar-refractivity contribution in [2.24, 2.45) is 17.1 Å². The van der Waals surface area contributed by atoms with Crippen molar-refractivity contribution in [2.75, 3.05) is 57.8 Å². The van der Waals surface area contributed by atoms with Crippen LogP contribution in [0.25, 0.3) is 0 Å². The highest BCUT2D eigenvalue weighted by molar-refractivity contribution is 5.91. The van der Waals surface area contributed by atoms with E-state index in [0.717, 1.165) is 37.8 Å². The maximum atomic E-state index is 11.3. The van der Waals surface area contributed by atoms with Gasteiger partial charge < -0.3 is 20.7 Å². The Morgan fingerprint density at radius 1 is 1.26 bits per heavy atom. The van der Waals surface area contributed by atoms with Gasteiger partial charge in [-0.2, -0.15) is 0 Å². The molecule has 0 radical (unpaired) electrons. The number of piperazine rings is 1. The van der Waals surface area contributed by atoms with E-state index in [1.54, 1.807) is 13.2 Å². The Bertz CT molecular complexity index is 673. The molecular weight excluding hydrogens is 342 g/mol. The van der Waals surface area contributed by atoms with E-state index in [1.165, 1.54) is 45.3 Å². The Morgan fingerprint density at radius 2 is 1.96 bits per heavy atom. The molecule has 3 fully saturated rings. The zero-order chi connectivity index (χ0) is 18.9. The molecule has 7 heteroatoms. The molecule has 0 atom stereocenters. The molecule has 0 bridgehead atoms. The summed E-state index contributed by atoms with van der Waals surface area (Å²) in [4.78, 5) is 20.5. The van der Waals surface area contributed by atoms with Gasteiger partial charge in [-0.25, -0.2) is 4.98 Å². The molecule has 3 N–H and O–H groups in total. The number of rotatable bonds is 5. The van der Waals surface area contributed by atoms with Gasteiger partial charge in [-0.3, -0.25) is 9.69 Å². The highest BCUT2D eigenvalue weighted by Gasteiger charge is 2.40. The fourth-order valence-electron chi connectivity index (χ4n) is 4.80. The van der Waals surface area contributed by atoms with Gasteiger partial charge in [0.15, 0.2) is 0 Å². The number of pyridine rings is 1. The van der Waals surface area contributed by atoms with Gasteiger partial charge in [-0.05, 0) is 49.1 Å². The van der Waals surface area contributed by atoms with Gasteiger partial charge in [0.1, 0.15) is 5.69 Å². The Hall–Kier alpha value is -1.86. The lowest BCUT2D eigenvalue weighted by molar-refractivity contribution is 0.0674. The van der Waals surface area contributed by atoms with Gasteiger partial charge in [0.2, 0.25) is 5.88 Å². The fraction of sp³-hybridized carbons (Fsp3) is 0.700. The van der Waals surface area contributed by atoms with Gasteiger partial charge in [-0.15, -0.1) is 0 Å². The van der Waals surface area contributed by atoms with Crippen molar-refractivity contribution in [2.45, 2.75) is 25.7 Å². The van der Waals surface area contributed by atoms with Crippen LogP contribution in [0.1, 0.15) is 36.2 Å². The Labute approximate surface area is 161 Å². The topological polar surface area (TPSA) is 83.7 Å². The first-order valence-electron chi connectivity index (χ1n) is 10.1. The van der Waals surface area contributed by atoms with Crippen molar-refractivity contribution in [1.29, 1.82) is 0 Å². The predicted octanol–water partition coefficient (Wildman–Crippen LogP) is 1.09. The van der Waals surface area contributed by atoms with Crippen LogP contribution in [0.4, 0.5) is 5.69 Å². The number of methoxy groups -OCH3 is 1. The lowest BCUT2D eigenvalue weighted by Gasteiger charge is -2.48. The lowest BCUT2D eigenvalue weighted by atomic mass is 9.67. The number of nitrogens with two attached hydrogens (primary N) is 1. The molecular formula is C20H31N5O2. The van der Waals surface area contributed by atoms with Crippen molar-refractivity contribution in [3.63, 3.8) is 0 Å². The molecule has 27 heavy (non-hydrogen) atoms. The highest BCUT2D eigenvalue weighted by Crippen LogP contribution is 2.41. The summed E-state index contributed by atoms with van der Waals surface area (Å²) in [5, 5.41) is 3.45. The molecule has 1 spiro atoms. The predicted molar refractivity (Wildman–Crippen MR) is 105 cm³/mol.